The minimum atomic E-state index is -0.283. The Morgan fingerprint density at radius 3 is 2.57 bits per heavy atom. The molecule has 0 amide bonds. The fraction of sp³-hybridized carbons (Fsp3) is 0.278. The highest BCUT2D eigenvalue weighted by Gasteiger charge is 2.12. The minimum Gasteiger partial charge on any atom is -0.465 e. The zero-order valence-electron chi connectivity index (χ0n) is 12.8. The van der Waals surface area contributed by atoms with Crippen LogP contribution in [-0.4, -0.2) is 25.0 Å². The predicted octanol–water partition coefficient (Wildman–Crippen LogP) is 3.41. The van der Waals surface area contributed by atoms with Crippen molar-refractivity contribution in [2.24, 2.45) is 0 Å². The monoisotopic (exact) mass is 283 g/mol. The molecule has 0 heterocycles. The topological polar surface area (TPSA) is 29.5 Å². The Kier molecular flexibility index (Phi) is 5.12. The molecule has 0 N–H and O–H groups in total. The first kappa shape index (κ1) is 15.3. The van der Waals surface area contributed by atoms with E-state index in [-0.39, 0.29) is 5.97 Å². The van der Waals surface area contributed by atoms with Crippen molar-refractivity contribution in [2.45, 2.75) is 20.0 Å². The van der Waals surface area contributed by atoms with Crippen molar-refractivity contribution >= 4 is 5.97 Å². The third-order valence-corrected chi connectivity index (χ3v) is 3.40. The highest BCUT2D eigenvalue weighted by molar-refractivity contribution is 5.90. The second-order valence-corrected chi connectivity index (χ2v) is 5.31. The molecule has 0 spiro atoms. The summed E-state index contributed by atoms with van der Waals surface area (Å²) in [6, 6.07) is 16.1. The van der Waals surface area contributed by atoms with Crippen LogP contribution < -0.4 is 0 Å². The molecule has 2 aromatic rings. The van der Waals surface area contributed by atoms with Crippen LogP contribution in [0.15, 0.2) is 48.5 Å². The molecule has 2 aromatic carbocycles. The number of methoxy groups -OCH3 is 1. The maximum atomic E-state index is 11.8. The van der Waals surface area contributed by atoms with Crippen LogP contribution in [0.1, 0.15) is 27.0 Å². The quantitative estimate of drug-likeness (QED) is 0.788. The van der Waals surface area contributed by atoms with Gasteiger partial charge in [-0.3, -0.25) is 4.90 Å². The second kappa shape index (κ2) is 7.04. The molecule has 3 nitrogen and oxygen atoms in total. The van der Waals surface area contributed by atoms with Crippen LogP contribution in [0.3, 0.4) is 0 Å². The first-order valence-corrected chi connectivity index (χ1v) is 7.00. The van der Waals surface area contributed by atoms with Gasteiger partial charge in [-0.25, -0.2) is 4.79 Å². The van der Waals surface area contributed by atoms with Crippen molar-refractivity contribution in [1.29, 1.82) is 0 Å². The van der Waals surface area contributed by atoms with Gasteiger partial charge in [0.1, 0.15) is 0 Å². The van der Waals surface area contributed by atoms with Crippen LogP contribution in [0.4, 0.5) is 0 Å². The Hall–Kier alpha value is -2.13. The lowest BCUT2D eigenvalue weighted by Gasteiger charge is -2.18. The molecule has 0 atom stereocenters. The highest BCUT2D eigenvalue weighted by Crippen LogP contribution is 2.14. The standard InChI is InChI=1S/C18H21NO2/c1-14-7-6-8-15(11-14)12-19(2)13-16-9-4-5-10-17(16)18(20)21-3/h4-11H,12-13H2,1-3H3. The Balaban J connectivity index is 2.09. The number of esters is 1. The van der Waals surface area contributed by atoms with Gasteiger partial charge in [-0.05, 0) is 31.2 Å². The molecule has 110 valence electrons. The Bertz CT molecular complexity index is 622. The van der Waals surface area contributed by atoms with Crippen molar-refractivity contribution in [1.82, 2.24) is 4.90 Å². The molecule has 21 heavy (non-hydrogen) atoms. The number of aryl methyl sites for hydroxylation is 1. The van der Waals surface area contributed by atoms with E-state index in [1.54, 1.807) is 0 Å². The molecule has 0 aliphatic rings. The average Bonchev–Trinajstić information content (AvgIpc) is 2.47. The van der Waals surface area contributed by atoms with Gasteiger partial charge in [-0.15, -0.1) is 0 Å². The molecule has 0 radical (unpaired) electrons. The Morgan fingerprint density at radius 1 is 1.10 bits per heavy atom. The summed E-state index contributed by atoms with van der Waals surface area (Å²) in [5.74, 6) is -0.283. The highest BCUT2D eigenvalue weighted by atomic mass is 16.5. The van der Waals surface area contributed by atoms with Gasteiger partial charge in [0.15, 0.2) is 0 Å². The summed E-state index contributed by atoms with van der Waals surface area (Å²) >= 11 is 0. The lowest BCUT2D eigenvalue weighted by molar-refractivity contribution is 0.0598. The lowest BCUT2D eigenvalue weighted by Crippen LogP contribution is -2.19. The van der Waals surface area contributed by atoms with E-state index in [1.165, 1.54) is 18.2 Å². The number of ether oxygens (including phenoxy) is 1. The minimum absolute atomic E-state index is 0.283. The van der Waals surface area contributed by atoms with Gasteiger partial charge in [-0.2, -0.15) is 0 Å². The van der Waals surface area contributed by atoms with Crippen molar-refractivity contribution < 1.29 is 9.53 Å². The van der Waals surface area contributed by atoms with E-state index < -0.39 is 0 Å². The second-order valence-electron chi connectivity index (χ2n) is 5.31. The SMILES string of the molecule is COC(=O)c1ccccc1CN(C)Cc1cccc(C)c1. The van der Waals surface area contributed by atoms with Crippen LogP contribution in [0.2, 0.25) is 0 Å². The number of rotatable bonds is 5. The zero-order valence-corrected chi connectivity index (χ0v) is 12.8. The van der Waals surface area contributed by atoms with Gasteiger partial charge >= 0.3 is 5.97 Å². The zero-order chi connectivity index (χ0) is 15.2. The molecule has 0 fully saturated rings. The largest absolute Gasteiger partial charge is 0.465 e. The third kappa shape index (κ3) is 4.17. The van der Waals surface area contributed by atoms with Gasteiger partial charge < -0.3 is 4.74 Å². The van der Waals surface area contributed by atoms with Crippen LogP contribution >= 0.6 is 0 Å². The molecule has 0 bridgehead atoms. The van der Waals surface area contributed by atoms with Gasteiger partial charge in [0.2, 0.25) is 0 Å². The van der Waals surface area contributed by atoms with Crippen LogP contribution in [0, 0.1) is 6.92 Å². The summed E-state index contributed by atoms with van der Waals surface area (Å²) in [5.41, 5.74) is 4.15. The van der Waals surface area contributed by atoms with Gasteiger partial charge in [-0.1, -0.05) is 48.0 Å². The maximum Gasteiger partial charge on any atom is 0.338 e. The van der Waals surface area contributed by atoms with Gasteiger partial charge in [0, 0.05) is 13.1 Å². The fourth-order valence-corrected chi connectivity index (χ4v) is 2.44. The normalized spacial score (nSPS) is 10.7. The van der Waals surface area contributed by atoms with E-state index in [2.05, 4.69) is 43.1 Å². The van der Waals surface area contributed by atoms with E-state index in [9.17, 15) is 4.79 Å². The van der Waals surface area contributed by atoms with Crippen molar-refractivity contribution in [3.63, 3.8) is 0 Å². The summed E-state index contributed by atoms with van der Waals surface area (Å²) in [5, 5.41) is 0. The van der Waals surface area contributed by atoms with E-state index in [4.69, 9.17) is 4.74 Å². The molecule has 0 aromatic heterocycles. The molecule has 0 saturated heterocycles. The van der Waals surface area contributed by atoms with Gasteiger partial charge in [0.25, 0.3) is 0 Å². The summed E-state index contributed by atoms with van der Waals surface area (Å²) in [4.78, 5) is 14.0. The van der Waals surface area contributed by atoms with E-state index in [1.807, 2.05) is 24.3 Å². The molecule has 0 aliphatic heterocycles. The Morgan fingerprint density at radius 2 is 1.86 bits per heavy atom. The van der Waals surface area contributed by atoms with E-state index >= 15 is 0 Å². The van der Waals surface area contributed by atoms with Crippen molar-refractivity contribution in [3.05, 3.63) is 70.8 Å². The molecule has 2 rings (SSSR count). The number of hydrogen-bond acceptors (Lipinski definition) is 3. The van der Waals surface area contributed by atoms with Gasteiger partial charge in [0.05, 0.1) is 12.7 Å². The number of carbonyl (C=O) groups is 1. The molecule has 0 unspecified atom stereocenters. The number of nitrogens with zero attached hydrogens (tertiary/aromatic N) is 1. The predicted molar refractivity (Wildman–Crippen MR) is 84.1 cm³/mol. The molecule has 0 saturated carbocycles. The van der Waals surface area contributed by atoms with E-state index in [0.29, 0.717) is 12.1 Å². The molecule has 0 aliphatic carbocycles. The number of benzene rings is 2. The van der Waals surface area contributed by atoms with Crippen LogP contribution in [0.5, 0.6) is 0 Å². The van der Waals surface area contributed by atoms with Crippen LogP contribution in [-0.2, 0) is 17.8 Å². The summed E-state index contributed by atoms with van der Waals surface area (Å²) in [6.45, 7) is 3.65. The number of hydrogen-bond donors (Lipinski definition) is 0. The first-order chi connectivity index (χ1) is 10.1. The third-order valence-electron chi connectivity index (χ3n) is 3.40. The van der Waals surface area contributed by atoms with E-state index in [0.717, 1.165) is 12.1 Å². The Labute approximate surface area is 126 Å². The molecular formula is C18H21NO2. The maximum absolute atomic E-state index is 11.8. The number of carbonyl (C=O) groups excluding carboxylic acids is 1. The van der Waals surface area contributed by atoms with Crippen molar-refractivity contribution in [3.8, 4) is 0 Å². The lowest BCUT2D eigenvalue weighted by atomic mass is 10.1. The summed E-state index contributed by atoms with van der Waals surface area (Å²) < 4.78 is 4.84. The first-order valence-electron chi connectivity index (χ1n) is 7.00. The summed E-state index contributed by atoms with van der Waals surface area (Å²) in [6.07, 6.45) is 0. The molecular weight excluding hydrogens is 262 g/mol. The van der Waals surface area contributed by atoms with Crippen LogP contribution in [0.25, 0.3) is 0 Å². The molecule has 3 heteroatoms. The fourth-order valence-electron chi connectivity index (χ4n) is 2.44. The van der Waals surface area contributed by atoms with Crippen molar-refractivity contribution in [2.75, 3.05) is 14.2 Å². The smallest absolute Gasteiger partial charge is 0.338 e. The average molecular weight is 283 g/mol. The summed E-state index contributed by atoms with van der Waals surface area (Å²) in [7, 11) is 3.46.